The number of nitrogens with zero attached hydrogens (tertiary/aromatic N) is 5. The van der Waals surface area contributed by atoms with Gasteiger partial charge in [-0.15, -0.1) is 0 Å². The Labute approximate surface area is 216 Å². The molecule has 38 heavy (non-hydrogen) atoms. The van der Waals surface area contributed by atoms with Crippen LogP contribution in [0.5, 0.6) is 11.5 Å². The molecule has 0 bridgehead atoms. The van der Waals surface area contributed by atoms with E-state index >= 15 is 0 Å². The second kappa shape index (κ2) is 11.2. The van der Waals surface area contributed by atoms with Gasteiger partial charge in [0.1, 0.15) is 11.6 Å². The number of pyridine rings is 1. The van der Waals surface area contributed by atoms with E-state index in [4.69, 9.17) is 15.2 Å². The highest BCUT2D eigenvalue weighted by molar-refractivity contribution is 5.48. The number of hydrogen-bond donors (Lipinski definition) is 2. The minimum Gasteiger partial charge on any atom is -0.497 e. The van der Waals surface area contributed by atoms with Crippen molar-refractivity contribution in [3.8, 4) is 11.5 Å². The van der Waals surface area contributed by atoms with Crippen LogP contribution in [0.2, 0.25) is 0 Å². The lowest BCUT2D eigenvalue weighted by Gasteiger charge is -2.16. The second-order valence-corrected chi connectivity index (χ2v) is 8.19. The third kappa shape index (κ3) is 5.61. The van der Waals surface area contributed by atoms with Crippen LogP contribution in [0.4, 0.5) is 17.5 Å². The average molecular weight is 520 g/mol. The summed E-state index contributed by atoms with van der Waals surface area (Å²) in [6.45, 7) is 0.0283. The van der Waals surface area contributed by atoms with Gasteiger partial charge in [0, 0.05) is 24.4 Å². The summed E-state index contributed by atoms with van der Waals surface area (Å²) in [7, 11) is 2.87. The first-order chi connectivity index (χ1) is 18.3. The maximum absolute atomic E-state index is 13.6. The lowest BCUT2D eigenvalue weighted by Crippen LogP contribution is -2.43. The maximum Gasteiger partial charge on any atom is 0.355 e. The van der Waals surface area contributed by atoms with Gasteiger partial charge in [0.2, 0.25) is 5.95 Å². The maximum atomic E-state index is 13.6. The molecule has 4 rings (SSSR count). The van der Waals surface area contributed by atoms with Crippen LogP contribution in [-0.2, 0) is 19.6 Å². The zero-order valence-electron chi connectivity index (χ0n) is 20.7. The highest BCUT2D eigenvalue weighted by Gasteiger charge is 2.18. The Bertz CT molecular complexity index is 1580. The quantitative estimate of drug-likeness (QED) is 0.233. The number of nitrogens with one attached hydrogen (secondary N) is 1. The molecule has 0 saturated carbocycles. The van der Waals surface area contributed by atoms with E-state index in [0.717, 1.165) is 10.1 Å². The summed E-state index contributed by atoms with van der Waals surface area (Å²) in [5, 5.41) is 14.4. The monoisotopic (exact) mass is 519 g/mol. The molecule has 0 saturated heterocycles. The van der Waals surface area contributed by atoms with Gasteiger partial charge in [0.25, 0.3) is 0 Å². The first-order valence-corrected chi connectivity index (χ1v) is 11.4. The SMILES string of the molecule is COc1ccc(Cn2c(NCc3cccnc3N)nc(=O)n(Cc3ccc(OC)c([N+](=O)[O-])c3)c2=O)cc1. The molecule has 0 fully saturated rings. The number of benzene rings is 2. The van der Waals surface area contributed by atoms with E-state index in [1.54, 1.807) is 55.8 Å². The molecule has 4 aromatic rings. The summed E-state index contributed by atoms with van der Waals surface area (Å²) in [5.41, 5.74) is 5.94. The predicted molar refractivity (Wildman–Crippen MR) is 140 cm³/mol. The smallest absolute Gasteiger partial charge is 0.355 e. The fourth-order valence-corrected chi connectivity index (χ4v) is 3.79. The lowest BCUT2D eigenvalue weighted by atomic mass is 10.2. The number of nitro benzene ring substituents is 1. The molecule has 0 radical (unpaired) electrons. The first-order valence-electron chi connectivity index (χ1n) is 11.4. The fourth-order valence-electron chi connectivity index (χ4n) is 3.79. The van der Waals surface area contributed by atoms with Crippen molar-refractivity contribution in [2.75, 3.05) is 25.3 Å². The van der Waals surface area contributed by atoms with Crippen molar-refractivity contribution in [1.82, 2.24) is 19.1 Å². The molecule has 3 N–H and O–H groups in total. The molecular formula is C25H25N7O6. The van der Waals surface area contributed by atoms with Gasteiger partial charge < -0.3 is 20.5 Å². The van der Waals surface area contributed by atoms with Gasteiger partial charge in [-0.3, -0.25) is 14.7 Å². The van der Waals surface area contributed by atoms with Crippen LogP contribution in [-0.4, -0.2) is 38.2 Å². The molecule has 13 heteroatoms. The summed E-state index contributed by atoms with van der Waals surface area (Å²) < 4.78 is 12.5. The Balaban J connectivity index is 1.75. The molecular weight excluding hydrogens is 494 g/mol. The van der Waals surface area contributed by atoms with Crippen LogP contribution >= 0.6 is 0 Å². The number of hydrogen-bond acceptors (Lipinski definition) is 10. The Morgan fingerprint density at radius 3 is 2.37 bits per heavy atom. The second-order valence-electron chi connectivity index (χ2n) is 8.19. The highest BCUT2D eigenvalue weighted by atomic mass is 16.6. The van der Waals surface area contributed by atoms with E-state index in [0.29, 0.717) is 22.7 Å². The van der Waals surface area contributed by atoms with Crippen molar-refractivity contribution in [2.45, 2.75) is 19.6 Å². The highest BCUT2D eigenvalue weighted by Crippen LogP contribution is 2.27. The summed E-state index contributed by atoms with van der Waals surface area (Å²) in [5.74, 6) is 1.06. The van der Waals surface area contributed by atoms with Gasteiger partial charge in [-0.25, -0.2) is 19.1 Å². The van der Waals surface area contributed by atoms with E-state index in [-0.39, 0.29) is 37.0 Å². The molecule has 0 atom stereocenters. The summed E-state index contributed by atoms with van der Waals surface area (Å²) in [6.07, 6.45) is 1.56. The molecule has 2 aromatic heterocycles. The zero-order valence-corrected chi connectivity index (χ0v) is 20.7. The van der Waals surface area contributed by atoms with Crippen molar-refractivity contribution in [3.05, 3.63) is 109 Å². The summed E-state index contributed by atoms with van der Waals surface area (Å²) in [6, 6.07) is 14.8. The van der Waals surface area contributed by atoms with E-state index < -0.39 is 16.3 Å². The molecule has 13 nitrogen and oxygen atoms in total. The molecule has 0 aliphatic carbocycles. The van der Waals surface area contributed by atoms with Gasteiger partial charge in [0.05, 0.1) is 32.2 Å². The topological polar surface area (TPSA) is 169 Å². The normalized spacial score (nSPS) is 10.7. The van der Waals surface area contributed by atoms with E-state index in [1.165, 1.54) is 23.8 Å². The number of aromatic nitrogens is 4. The largest absolute Gasteiger partial charge is 0.497 e. The molecule has 0 unspecified atom stereocenters. The molecule has 2 aromatic carbocycles. The van der Waals surface area contributed by atoms with Crippen molar-refractivity contribution < 1.29 is 14.4 Å². The third-order valence-electron chi connectivity index (χ3n) is 5.79. The van der Waals surface area contributed by atoms with Gasteiger partial charge in [-0.1, -0.05) is 24.3 Å². The Morgan fingerprint density at radius 1 is 1.00 bits per heavy atom. The standard InChI is InChI=1S/C25H25N7O6/c1-37-19-8-5-16(6-9-19)14-30-23(28-13-18-4-3-11-27-22(18)26)29-24(33)31(25(30)34)15-17-7-10-21(38-2)20(12-17)32(35)36/h3-12H,13-15H2,1-2H3,(H2,26,27)(H,28,29,33). The van der Waals surface area contributed by atoms with Gasteiger partial charge in [-0.05, 0) is 35.4 Å². The number of anilines is 2. The van der Waals surface area contributed by atoms with E-state index in [2.05, 4.69) is 15.3 Å². The van der Waals surface area contributed by atoms with Crippen LogP contribution in [0.15, 0.2) is 70.4 Å². The number of nitrogen functional groups attached to an aromatic ring is 1. The van der Waals surface area contributed by atoms with Crippen LogP contribution < -0.4 is 31.9 Å². The van der Waals surface area contributed by atoms with Crippen LogP contribution in [0.25, 0.3) is 0 Å². The number of nitro groups is 1. The Morgan fingerprint density at radius 2 is 1.71 bits per heavy atom. The van der Waals surface area contributed by atoms with E-state index in [1.807, 2.05) is 0 Å². The lowest BCUT2D eigenvalue weighted by molar-refractivity contribution is -0.385. The zero-order chi connectivity index (χ0) is 27.2. The van der Waals surface area contributed by atoms with Crippen LogP contribution in [0, 0.1) is 10.1 Å². The Hall–Kier alpha value is -5.20. The molecule has 0 aliphatic heterocycles. The van der Waals surface area contributed by atoms with Crippen molar-refractivity contribution in [2.24, 2.45) is 0 Å². The first kappa shape index (κ1) is 25.9. The molecule has 2 heterocycles. The fraction of sp³-hybridized carbons (Fsp3) is 0.200. The van der Waals surface area contributed by atoms with Crippen molar-refractivity contribution in [1.29, 1.82) is 0 Å². The Kier molecular flexibility index (Phi) is 7.66. The minimum absolute atomic E-state index is 0.0380. The molecule has 0 aliphatic rings. The predicted octanol–water partition coefficient (Wildman–Crippen LogP) is 2.02. The van der Waals surface area contributed by atoms with Crippen LogP contribution in [0.3, 0.4) is 0 Å². The molecule has 0 amide bonds. The summed E-state index contributed by atoms with van der Waals surface area (Å²) in [4.78, 5) is 45.5. The molecule has 0 spiro atoms. The van der Waals surface area contributed by atoms with Gasteiger partial charge in [0.15, 0.2) is 5.75 Å². The third-order valence-corrected chi connectivity index (χ3v) is 5.79. The van der Waals surface area contributed by atoms with Crippen LogP contribution in [0.1, 0.15) is 16.7 Å². The summed E-state index contributed by atoms with van der Waals surface area (Å²) >= 11 is 0. The van der Waals surface area contributed by atoms with Gasteiger partial charge in [-0.2, -0.15) is 4.98 Å². The van der Waals surface area contributed by atoms with E-state index in [9.17, 15) is 19.7 Å². The van der Waals surface area contributed by atoms with Crippen molar-refractivity contribution >= 4 is 17.5 Å². The number of methoxy groups -OCH3 is 2. The minimum atomic E-state index is -0.818. The molecule has 196 valence electrons. The van der Waals surface area contributed by atoms with Gasteiger partial charge >= 0.3 is 17.1 Å². The van der Waals surface area contributed by atoms with Crippen molar-refractivity contribution in [3.63, 3.8) is 0 Å². The average Bonchev–Trinajstić information content (AvgIpc) is 2.92. The number of rotatable bonds is 10. The number of ether oxygens (including phenoxy) is 2. The number of nitrogens with two attached hydrogens (primary N) is 1.